The number of carbonyl (C=O) groups excluding carboxylic acids is 1. The quantitative estimate of drug-likeness (QED) is 0.615. The molecule has 26 heavy (non-hydrogen) atoms. The average molecular weight is 416 g/mol. The lowest BCUT2D eigenvalue weighted by Crippen LogP contribution is -2.23. The Bertz CT molecular complexity index is 800. The minimum atomic E-state index is -4.95. The van der Waals surface area contributed by atoms with E-state index in [0.717, 1.165) is 0 Å². The normalized spacial score (nSPS) is 12.2. The Labute approximate surface area is 153 Å². The third kappa shape index (κ3) is 5.04. The van der Waals surface area contributed by atoms with Gasteiger partial charge < -0.3 is 5.32 Å². The standard InChI is InChI=1S/C16H9Cl2F6NO/c17-12-2-1-9(5-13(12)18)14(26)25-7-8-3-10(15(19,20)21)6-11(4-8)16(22,23)24/h1-6H,7H2,(H,25,26). The molecule has 140 valence electrons. The number of carbonyl (C=O) groups is 1. The zero-order valence-electron chi connectivity index (χ0n) is 12.6. The molecule has 0 aliphatic carbocycles. The van der Waals surface area contributed by atoms with E-state index in [1.165, 1.54) is 18.2 Å². The van der Waals surface area contributed by atoms with Crippen LogP contribution in [0.5, 0.6) is 0 Å². The predicted octanol–water partition coefficient (Wildman–Crippen LogP) is 5.96. The van der Waals surface area contributed by atoms with Crippen molar-refractivity contribution in [1.29, 1.82) is 0 Å². The zero-order chi connectivity index (χ0) is 19.7. The van der Waals surface area contributed by atoms with Gasteiger partial charge in [0.05, 0.1) is 21.2 Å². The molecule has 2 nitrogen and oxygen atoms in total. The summed E-state index contributed by atoms with van der Waals surface area (Å²) in [5, 5.41) is 2.52. The van der Waals surface area contributed by atoms with Gasteiger partial charge >= 0.3 is 12.4 Å². The largest absolute Gasteiger partial charge is 0.416 e. The maximum Gasteiger partial charge on any atom is 0.416 e. The van der Waals surface area contributed by atoms with Crippen LogP contribution in [-0.2, 0) is 18.9 Å². The Balaban J connectivity index is 2.25. The lowest BCUT2D eigenvalue weighted by molar-refractivity contribution is -0.143. The number of nitrogens with one attached hydrogen (secondary N) is 1. The van der Waals surface area contributed by atoms with Gasteiger partial charge in [0.1, 0.15) is 0 Å². The molecule has 2 rings (SSSR count). The van der Waals surface area contributed by atoms with Gasteiger partial charge in [-0.2, -0.15) is 26.3 Å². The second kappa shape index (κ2) is 7.36. The number of hydrogen-bond donors (Lipinski definition) is 1. The summed E-state index contributed by atoms with van der Waals surface area (Å²) in [4.78, 5) is 12.0. The van der Waals surface area contributed by atoms with Crippen molar-refractivity contribution in [1.82, 2.24) is 5.32 Å². The molecule has 0 saturated carbocycles. The van der Waals surface area contributed by atoms with Crippen LogP contribution in [0, 0.1) is 0 Å². The molecule has 1 N–H and O–H groups in total. The molecule has 0 spiro atoms. The first-order chi connectivity index (χ1) is 11.9. The maximum atomic E-state index is 12.8. The first-order valence-corrected chi connectivity index (χ1v) is 7.65. The molecule has 0 aliphatic heterocycles. The molecular weight excluding hydrogens is 407 g/mol. The summed E-state index contributed by atoms with van der Waals surface area (Å²) in [6.07, 6.45) is -9.91. The molecule has 0 saturated heterocycles. The fraction of sp³-hybridized carbons (Fsp3) is 0.188. The zero-order valence-corrected chi connectivity index (χ0v) is 14.1. The number of amides is 1. The molecule has 0 unspecified atom stereocenters. The molecule has 2 aromatic rings. The van der Waals surface area contributed by atoms with Crippen molar-refractivity contribution in [2.75, 3.05) is 0 Å². The van der Waals surface area contributed by atoms with E-state index in [9.17, 15) is 31.1 Å². The molecule has 0 aromatic heterocycles. The van der Waals surface area contributed by atoms with Gasteiger partial charge in [-0.25, -0.2) is 0 Å². The second-order valence-electron chi connectivity index (χ2n) is 5.23. The average Bonchev–Trinajstić information content (AvgIpc) is 2.53. The smallest absolute Gasteiger partial charge is 0.348 e. The molecule has 0 radical (unpaired) electrons. The third-order valence-corrected chi connectivity index (χ3v) is 4.02. The maximum absolute atomic E-state index is 12.8. The highest BCUT2D eigenvalue weighted by Crippen LogP contribution is 2.36. The Morgan fingerprint density at radius 2 is 1.38 bits per heavy atom. The van der Waals surface area contributed by atoms with Crippen LogP contribution in [0.1, 0.15) is 27.0 Å². The Hall–Kier alpha value is -1.93. The third-order valence-electron chi connectivity index (χ3n) is 3.28. The van der Waals surface area contributed by atoms with Crippen molar-refractivity contribution in [2.45, 2.75) is 18.9 Å². The van der Waals surface area contributed by atoms with E-state index < -0.39 is 35.9 Å². The van der Waals surface area contributed by atoms with E-state index in [1.54, 1.807) is 0 Å². The van der Waals surface area contributed by atoms with Crippen LogP contribution < -0.4 is 5.32 Å². The van der Waals surface area contributed by atoms with Crippen LogP contribution in [0.15, 0.2) is 36.4 Å². The van der Waals surface area contributed by atoms with E-state index in [2.05, 4.69) is 5.32 Å². The second-order valence-corrected chi connectivity index (χ2v) is 6.04. The highest BCUT2D eigenvalue weighted by molar-refractivity contribution is 6.42. The number of hydrogen-bond acceptors (Lipinski definition) is 1. The molecular formula is C16H9Cl2F6NO. The van der Waals surface area contributed by atoms with Gasteiger partial charge in [-0.05, 0) is 42.0 Å². The van der Waals surface area contributed by atoms with Gasteiger partial charge in [0.2, 0.25) is 0 Å². The Morgan fingerprint density at radius 1 is 0.846 bits per heavy atom. The molecule has 0 fully saturated rings. The highest BCUT2D eigenvalue weighted by atomic mass is 35.5. The summed E-state index contributed by atoms with van der Waals surface area (Å²) in [7, 11) is 0. The Morgan fingerprint density at radius 3 is 1.85 bits per heavy atom. The lowest BCUT2D eigenvalue weighted by atomic mass is 10.0. The van der Waals surface area contributed by atoms with Gasteiger partial charge in [-0.1, -0.05) is 23.2 Å². The minimum Gasteiger partial charge on any atom is -0.348 e. The first-order valence-electron chi connectivity index (χ1n) is 6.89. The SMILES string of the molecule is O=C(NCc1cc(C(F)(F)F)cc(C(F)(F)F)c1)c1ccc(Cl)c(Cl)c1. The monoisotopic (exact) mass is 415 g/mol. The van der Waals surface area contributed by atoms with E-state index in [-0.39, 0.29) is 27.2 Å². The van der Waals surface area contributed by atoms with Crippen molar-refractivity contribution in [3.63, 3.8) is 0 Å². The van der Waals surface area contributed by atoms with Crippen molar-refractivity contribution < 1.29 is 31.1 Å². The number of benzene rings is 2. The van der Waals surface area contributed by atoms with Gasteiger partial charge in [-0.3, -0.25) is 4.79 Å². The van der Waals surface area contributed by atoms with Gasteiger partial charge in [0, 0.05) is 12.1 Å². The van der Waals surface area contributed by atoms with Crippen LogP contribution in [0.4, 0.5) is 26.3 Å². The molecule has 0 bridgehead atoms. The minimum absolute atomic E-state index is 0.0181. The van der Waals surface area contributed by atoms with Crippen molar-refractivity contribution >= 4 is 29.1 Å². The molecule has 0 aliphatic rings. The molecule has 0 atom stereocenters. The van der Waals surface area contributed by atoms with Crippen molar-refractivity contribution in [3.8, 4) is 0 Å². The van der Waals surface area contributed by atoms with Crippen LogP contribution in [0.2, 0.25) is 10.0 Å². The number of rotatable bonds is 3. The van der Waals surface area contributed by atoms with E-state index >= 15 is 0 Å². The summed E-state index contributed by atoms with van der Waals surface area (Å²) >= 11 is 11.5. The number of halogens is 8. The molecule has 1 amide bonds. The van der Waals surface area contributed by atoms with E-state index in [1.807, 2.05) is 0 Å². The summed E-state index contributed by atoms with van der Waals surface area (Å²) in [6.45, 7) is -0.536. The topological polar surface area (TPSA) is 29.1 Å². The van der Waals surface area contributed by atoms with Crippen molar-refractivity contribution in [3.05, 3.63) is 68.7 Å². The summed E-state index contributed by atoms with van der Waals surface area (Å²) in [5.74, 6) is -0.727. The van der Waals surface area contributed by atoms with Crippen LogP contribution in [-0.4, -0.2) is 5.91 Å². The fourth-order valence-corrected chi connectivity index (χ4v) is 2.34. The van der Waals surface area contributed by atoms with Crippen molar-refractivity contribution in [2.24, 2.45) is 0 Å². The summed E-state index contributed by atoms with van der Waals surface area (Å²) in [6, 6.07) is 4.99. The first kappa shape index (κ1) is 20.4. The molecule has 2 aromatic carbocycles. The Kier molecular flexibility index (Phi) is 5.77. The lowest BCUT2D eigenvalue weighted by Gasteiger charge is -2.14. The van der Waals surface area contributed by atoms with Gasteiger partial charge in [0.15, 0.2) is 0 Å². The van der Waals surface area contributed by atoms with Crippen LogP contribution >= 0.6 is 23.2 Å². The van der Waals surface area contributed by atoms with Gasteiger partial charge in [0.25, 0.3) is 5.91 Å². The van der Waals surface area contributed by atoms with E-state index in [0.29, 0.717) is 12.1 Å². The molecule has 10 heteroatoms. The summed E-state index contributed by atoms with van der Waals surface area (Å²) in [5.41, 5.74) is -3.19. The van der Waals surface area contributed by atoms with E-state index in [4.69, 9.17) is 23.2 Å². The summed E-state index contributed by atoms with van der Waals surface area (Å²) < 4.78 is 76.8. The van der Waals surface area contributed by atoms with Crippen LogP contribution in [0.3, 0.4) is 0 Å². The van der Waals surface area contributed by atoms with Gasteiger partial charge in [-0.15, -0.1) is 0 Å². The fourth-order valence-electron chi connectivity index (χ4n) is 2.04. The highest BCUT2D eigenvalue weighted by Gasteiger charge is 2.36. The predicted molar refractivity (Wildman–Crippen MR) is 84.1 cm³/mol. The van der Waals surface area contributed by atoms with Crippen LogP contribution in [0.25, 0.3) is 0 Å². The number of alkyl halides is 6. The molecule has 0 heterocycles.